The van der Waals surface area contributed by atoms with Crippen LogP contribution >= 0.6 is 0 Å². The van der Waals surface area contributed by atoms with Gasteiger partial charge in [0.2, 0.25) is 0 Å². The minimum atomic E-state index is 0.464. The monoisotopic (exact) mass is 289 g/mol. The number of benzene rings is 1. The minimum Gasteiger partial charge on any atom is -0.310 e. The van der Waals surface area contributed by atoms with E-state index in [1.165, 1.54) is 44.7 Å². The van der Waals surface area contributed by atoms with Crippen molar-refractivity contribution in [2.24, 2.45) is 5.92 Å². The van der Waals surface area contributed by atoms with Gasteiger partial charge in [0.05, 0.1) is 0 Å². The predicted molar refractivity (Wildman–Crippen MR) is 90.6 cm³/mol. The smallest absolute Gasteiger partial charge is 0.0358 e. The molecule has 2 atom stereocenters. The number of rotatable bonds is 7. The fourth-order valence-corrected chi connectivity index (χ4v) is 3.15. The molecule has 0 saturated carbocycles. The molecule has 2 unspecified atom stereocenters. The van der Waals surface area contributed by atoms with Crippen LogP contribution in [0.15, 0.2) is 30.3 Å². The van der Waals surface area contributed by atoms with E-state index in [9.17, 15) is 0 Å². The number of hydrogen-bond donors (Lipinski definition) is 1. The summed E-state index contributed by atoms with van der Waals surface area (Å²) in [5.74, 6) is 0.627. The van der Waals surface area contributed by atoms with Crippen molar-refractivity contribution < 1.29 is 0 Å². The number of hydrogen-bond acceptors (Lipinski definition) is 3. The lowest BCUT2D eigenvalue weighted by atomic mass is 9.93. The van der Waals surface area contributed by atoms with E-state index in [4.69, 9.17) is 0 Å². The molecule has 0 radical (unpaired) electrons. The molecule has 1 saturated heterocycles. The van der Waals surface area contributed by atoms with Crippen LogP contribution in [0, 0.1) is 5.92 Å². The molecule has 3 heteroatoms. The molecule has 1 aromatic carbocycles. The van der Waals surface area contributed by atoms with Crippen molar-refractivity contribution in [3.8, 4) is 0 Å². The number of nitrogens with zero attached hydrogens (tertiary/aromatic N) is 2. The zero-order chi connectivity index (χ0) is 15.1. The third-order valence-electron chi connectivity index (χ3n) is 4.48. The van der Waals surface area contributed by atoms with Crippen LogP contribution in [0.25, 0.3) is 0 Å². The summed E-state index contributed by atoms with van der Waals surface area (Å²) >= 11 is 0. The second-order valence-corrected chi connectivity index (χ2v) is 6.42. The molecule has 0 aliphatic carbocycles. The molecule has 1 aliphatic rings. The van der Waals surface area contributed by atoms with Crippen molar-refractivity contribution in [2.45, 2.75) is 26.3 Å². The van der Waals surface area contributed by atoms with Gasteiger partial charge in [0.25, 0.3) is 0 Å². The van der Waals surface area contributed by atoms with Crippen LogP contribution in [0.5, 0.6) is 0 Å². The molecule has 2 rings (SSSR count). The molecule has 21 heavy (non-hydrogen) atoms. The summed E-state index contributed by atoms with van der Waals surface area (Å²) in [5, 5.41) is 3.75. The van der Waals surface area contributed by atoms with Crippen LogP contribution in [0.4, 0.5) is 0 Å². The standard InChI is InChI=1S/C18H31N3/c1-4-10-19-18(17-8-6-5-7-9-17)16(2)15-21-13-11-20(3)12-14-21/h5-9,16,18-19H,4,10-15H2,1-3H3. The molecule has 3 nitrogen and oxygen atoms in total. The maximum absolute atomic E-state index is 3.75. The highest BCUT2D eigenvalue weighted by Crippen LogP contribution is 2.23. The number of likely N-dealkylation sites (N-methyl/N-ethyl adjacent to an activating group) is 1. The molecule has 0 amide bonds. The van der Waals surface area contributed by atoms with Crippen molar-refractivity contribution in [1.29, 1.82) is 0 Å². The lowest BCUT2D eigenvalue weighted by Gasteiger charge is -2.36. The normalized spacial score (nSPS) is 20.3. The Bertz CT molecular complexity index is 385. The van der Waals surface area contributed by atoms with E-state index in [1.807, 2.05) is 0 Å². The van der Waals surface area contributed by atoms with Gasteiger partial charge in [-0.2, -0.15) is 0 Å². The fraction of sp³-hybridized carbons (Fsp3) is 0.667. The quantitative estimate of drug-likeness (QED) is 0.832. The highest BCUT2D eigenvalue weighted by molar-refractivity contribution is 5.19. The molecule has 1 heterocycles. The van der Waals surface area contributed by atoms with Crippen LogP contribution in [0.3, 0.4) is 0 Å². The second kappa shape index (κ2) is 8.52. The van der Waals surface area contributed by atoms with E-state index in [0.717, 1.165) is 6.54 Å². The van der Waals surface area contributed by atoms with Gasteiger partial charge in [0, 0.05) is 38.8 Å². The Morgan fingerprint density at radius 1 is 1.10 bits per heavy atom. The number of nitrogens with one attached hydrogen (secondary N) is 1. The summed E-state index contributed by atoms with van der Waals surface area (Å²) < 4.78 is 0. The van der Waals surface area contributed by atoms with Gasteiger partial charge >= 0.3 is 0 Å². The highest BCUT2D eigenvalue weighted by Gasteiger charge is 2.22. The maximum atomic E-state index is 3.75. The van der Waals surface area contributed by atoms with Gasteiger partial charge in [-0.15, -0.1) is 0 Å². The first kappa shape index (κ1) is 16.5. The molecule has 1 N–H and O–H groups in total. The van der Waals surface area contributed by atoms with Crippen LogP contribution in [0.2, 0.25) is 0 Å². The Labute approximate surface area is 130 Å². The summed E-state index contributed by atoms with van der Waals surface area (Å²) in [6.07, 6.45) is 1.19. The molecular weight excluding hydrogens is 258 g/mol. The Morgan fingerprint density at radius 2 is 1.76 bits per heavy atom. The summed E-state index contributed by atoms with van der Waals surface area (Å²) in [7, 11) is 2.22. The topological polar surface area (TPSA) is 18.5 Å². The van der Waals surface area contributed by atoms with Gasteiger partial charge in [0.1, 0.15) is 0 Å². The van der Waals surface area contributed by atoms with Crippen molar-refractivity contribution >= 4 is 0 Å². The first-order valence-corrected chi connectivity index (χ1v) is 8.40. The van der Waals surface area contributed by atoms with E-state index in [1.54, 1.807) is 0 Å². The maximum Gasteiger partial charge on any atom is 0.0358 e. The Balaban J connectivity index is 1.95. The lowest BCUT2D eigenvalue weighted by molar-refractivity contribution is 0.129. The molecule has 1 aliphatic heterocycles. The summed E-state index contributed by atoms with van der Waals surface area (Å²) in [5.41, 5.74) is 1.42. The van der Waals surface area contributed by atoms with E-state index in [0.29, 0.717) is 12.0 Å². The third-order valence-corrected chi connectivity index (χ3v) is 4.48. The average molecular weight is 289 g/mol. The Kier molecular flexibility index (Phi) is 6.68. The van der Waals surface area contributed by atoms with Gasteiger partial charge in [-0.3, -0.25) is 0 Å². The first-order chi connectivity index (χ1) is 10.2. The molecule has 0 bridgehead atoms. The lowest BCUT2D eigenvalue weighted by Crippen LogP contribution is -2.47. The minimum absolute atomic E-state index is 0.464. The molecule has 1 aromatic rings. The predicted octanol–water partition coefficient (Wildman–Crippen LogP) is 2.61. The fourth-order valence-electron chi connectivity index (χ4n) is 3.15. The van der Waals surface area contributed by atoms with Gasteiger partial charge in [-0.1, -0.05) is 44.2 Å². The highest BCUT2D eigenvalue weighted by atomic mass is 15.2. The summed E-state index contributed by atoms with van der Waals surface area (Å²) in [4.78, 5) is 5.04. The van der Waals surface area contributed by atoms with Crippen molar-refractivity contribution in [1.82, 2.24) is 15.1 Å². The SMILES string of the molecule is CCCNC(c1ccccc1)C(C)CN1CCN(C)CC1. The van der Waals surface area contributed by atoms with E-state index < -0.39 is 0 Å². The van der Waals surface area contributed by atoms with Gasteiger partial charge < -0.3 is 15.1 Å². The molecule has 118 valence electrons. The summed E-state index contributed by atoms with van der Waals surface area (Å²) in [6, 6.07) is 11.4. The molecule has 0 aromatic heterocycles. The van der Waals surface area contributed by atoms with Crippen LogP contribution in [-0.4, -0.2) is 56.1 Å². The van der Waals surface area contributed by atoms with Gasteiger partial charge in [-0.05, 0) is 31.5 Å². The second-order valence-electron chi connectivity index (χ2n) is 6.42. The molecular formula is C18H31N3. The molecule has 1 fully saturated rings. The van der Waals surface area contributed by atoms with Gasteiger partial charge in [-0.25, -0.2) is 0 Å². The van der Waals surface area contributed by atoms with E-state index in [2.05, 4.69) is 66.3 Å². The largest absolute Gasteiger partial charge is 0.310 e. The van der Waals surface area contributed by atoms with Crippen LogP contribution in [0.1, 0.15) is 31.9 Å². The van der Waals surface area contributed by atoms with Gasteiger partial charge in [0.15, 0.2) is 0 Å². The van der Waals surface area contributed by atoms with E-state index in [-0.39, 0.29) is 0 Å². The van der Waals surface area contributed by atoms with Crippen LogP contribution in [-0.2, 0) is 0 Å². The van der Waals surface area contributed by atoms with Crippen molar-refractivity contribution in [3.63, 3.8) is 0 Å². The average Bonchev–Trinajstić information content (AvgIpc) is 2.51. The Hall–Kier alpha value is -0.900. The van der Waals surface area contributed by atoms with E-state index >= 15 is 0 Å². The Morgan fingerprint density at radius 3 is 2.38 bits per heavy atom. The van der Waals surface area contributed by atoms with Crippen LogP contribution < -0.4 is 5.32 Å². The number of piperazine rings is 1. The third kappa shape index (κ3) is 5.10. The first-order valence-electron chi connectivity index (χ1n) is 8.40. The summed E-state index contributed by atoms with van der Waals surface area (Å²) in [6.45, 7) is 11.7. The van der Waals surface area contributed by atoms with Crippen molar-refractivity contribution in [3.05, 3.63) is 35.9 Å². The molecule has 0 spiro atoms. The van der Waals surface area contributed by atoms with Crippen molar-refractivity contribution in [2.75, 3.05) is 46.3 Å². The zero-order valence-corrected chi connectivity index (χ0v) is 13.9. The zero-order valence-electron chi connectivity index (χ0n) is 13.9.